The van der Waals surface area contributed by atoms with Gasteiger partial charge in [0, 0.05) is 10.8 Å². The molecule has 0 aliphatic rings. The van der Waals surface area contributed by atoms with E-state index in [1.165, 1.54) is 24.3 Å². The van der Waals surface area contributed by atoms with E-state index in [0.29, 0.717) is 0 Å². The Morgan fingerprint density at radius 3 is 1.86 bits per heavy atom. The summed E-state index contributed by atoms with van der Waals surface area (Å²) in [5.74, 6) is -5.21. The van der Waals surface area contributed by atoms with Crippen molar-refractivity contribution < 1.29 is 18.3 Å². The molecule has 2 aromatic rings. The monoisotopic (exact) mass is 198 g/mol. The van der Waals surface area contributed by atoms with Gasteiger partial charge in [0.05, 0.1) is 0 Å². The van der Waals surface area contributed by atoms with Crippen molar-refractivity contribution in [1.82, 2.24) is 0 Å². The molecule has 0 spiro atoms. The van der Waals surface area contributed by atoms with Crippen LogP contribution in [0.4, 0.5) is 13.2 Å². The van der Waals surface area contributed by atoms with E-state index in [2.05, 4.69) is 0 Å². The summed E-state index contributed by atoms with van der Waals surface area (Å²) in [6.45, 7) is 0. The molecule has 0 aliphatic heterocycles. The molecule has 0 aromatic heterocycles. The molecule has 0 atom stereocenters. The summed E-state index contributed by atoms with van der Waals surface area (Å²) < 4.78 is 39.2. The lowest BCUT2D eigenvalue weighted by molar-refractivity contribution is 0.382. The van der Waals surface area contributed by atoms with Gasteiger partial charge in [-0.3, -0.25) is 0 Å². The van der Waals surface area contributed by atoms with E-state index in [0.717, 1.165) is 0 Å². The van der Waals surface area contributed by atoms with E-state index in [4.69, 9.17) is 5.11 Å². The minimum atomic E-state index is -1.55. The standard InChI is InChI=1S/C10H5F3O/c11-7-5-3-1-2-4-6(5)8(12)10(14)9(7)13/h1-4,14H. The first-order valence-electron chi connectivity index (χ1n) is 3.87. The SMILES string of the molecule is Oc1c(F)c(F)c2ccccc2c1F. The van der Waals surface area contributed by atoms with E-state index in [1.807, 2.05) is 0 Å². The highest BCUT2D eigenvalue weighted by Gasteiger charge is 2.18. The molecule has 1 nitrogen and oxygen atoms in total. The Hall–Kier alpha value is -1.71. The molecule has 2 rings (SSSR count). The van der Waals surface area contributed by atoms with Gasteiger partial charge in [0.25, 0.3) is 0 Å². The Bertz CT molecular complexity index is 462. The second-order valence-corrected chi connectivity index (χ2v) is 2.84. The summed E-state index contributed by atoms with van der Waals surface area (Å²) in [7, 11) is 0. The van der Waals surface area contributed by atoms with Crippen LogP contribution in [0.3, 0.4) is 0 Å². The molecular weight excluding hydrogens is 193 g/mol. The first kappa shape index (κ1) is 8.87. The quantitative estimate of drug-likeness (QED) is 0.645. The van der Waals surface area contributed by atoms with Crippen molar-refractivity contribution in [3.05, 3.63) is 41.7 Å². The third-order valence-corrected chi connectivity index (χ3v) is 2.01. The first-order chi connectivity index (χ1) is 6.63. The molecule has 0 fully saturated rings. The number of halogens is 3. The Labute approximate surface area is 77.4 Å². The highest BCUT2D eigenvalue weighted by atomic mass is 19.2. The summed E-state index contributed by atoms with van der Waals surface area (Å²) in [6.07, 6.45) is 0. The predicted octanol–water partition coefficient (Wildman–Crippen LogP) is 2.96. The Morgan fingerprint density at radius 1 is 0.786 bits per heavy atom. The lowest BCUT2D eigenvalue weighted by atomic mass is 10.1. The van der Waals surface area contributed by atoms with Gasteiger partial charge >= 0.3 is 0 Å². The molecule has 0 bridgehead atoms. The van der Waals surface area contributed by atoms with Gasteiger partial charge in [-0.25, -0.2) is 8.78 Å². The number of fused-ring (bicyclic) bond motifs is 1. The summed E-state index contributed by atoms with van der Waals surface area (Å²) in [6, 6.07) is 5.45. The second-order valence-electron chi connectivity index (χ2n) is 2.84. The number of phenols is 1. The number of hydrogen-bond acceptors (Lipinski definition) is 1. The normalized spacial score (nSPS) is 10.8. The van der Waals surface area contributed by atoms with Crippen LogP contribution >= 0.6 is 0 Å². The van der Waals surface area contributed by atoms with Crippen LogP contribution in [-0.2, 0) is 0 Å². The van der Waals surface area contributed by atoms with Crippen molar-refractivity contribution >= 4 is 10.8 Å². The molecule has 0 saturated heterocycles. The topological polar surface area (TPSA) is 20.2 Å². The Morgan fingerprint density at radius 2 is 1.29 bits per heavy atom. The minimum Gasteiger partial charge on any atom is -0.503 e. The van der Waals surface area contributed by atoms with Crippen LogP contribution in [0.5, 0.6) is 5.75 Å². The van der Waals surface area contributed by atoms with Crippen molar-refractivity contribution in [2.75, 3.05) is 0 Å². The molecule has 0 heterocycles. The maximum Gasteiger partial charge on any atom is 0.204 e. The summed E-state index contributed by atoms with van der Waals surface area (Å²) in [4.78, 5) is 0. The van der Waals surface area contributed by atoms with Crippen LogP contribution in [0.1, 0.15) is 0 Å². The fraction of sp³-hybridized carbons (Fsp3) is 0. The van der Waals surface area contributed by atoms with Crippen molar-refractivity contribution in [1.29, 1.82) is 0 Å². The molecule has 0 amide bonds. The van der Waals surface area contributed by atoms with E-state index < -0.39 is 23.2 Å². The van der Waals surface area contributed by atoms with Gasteiger partial charge in [0.1, 0.15) is 0 Å². The molecule has 72 valence electrons. The lowest BCUT2D eigenvalue weighted by Crippen LogP contribution is -1.92. The van der Waals surface area contributed by atoms with Crippen molar-refractivity contribution in [2.24, 2.45) is 0 Å². The maximum atomic E-state index is 13.2. The summed E-state index contributed by atoms with van der Waals surface area (Å²) >= 11 is 0. The fourth-order valence-electron chi connectivity index (χ4n) is 1.31. The van der Waals surface area contributed by atoms with Crippen molar-refractivity contribution in [3.63, 3.8) is 0 Å². The predicted molar refractivity (Wildman–Crippen MR) is 45.5 cm³/mol. The van der Waals surface area contributed by atoms with Gasteiger partial charge in [0.2, 0.25) is 5.82 Å². The number of rotatable bonds is 0. The third-order valence-electron chi connectivity index (χ3n) is 2.01. The molecule has 0 saturated carbocycles. The zero-order valence-electron chi connectivity index (χ0n) is 6.89. The van der Waals surface area contributed by atoms with Crippen LogP contribution in [0.25, 0.3) is 10.8 Å². The summed E-state index contributed by atoms with van der Waals surface area (Å²) in [5.41, 5.74) is 0. The highest BCUT2D eigenvalue weighted by Crippen LogP contribution is 2.31. The van der Waals surface area contributed by atoms with E-state index >= 15 is 0 Å². The molecule has 0 aliphatic carbocycles. The number of aromatic hydroxyl groups is 1. The van der Waals surface area contributed by atoms with E-state index in [-0.39, 0.29) is 10.8 Å². The average Bonchev–Trinajstić information content (AvgIpc) is 2.23. The molecule has 1 N–H and O–H groups in total. The Kier molecular flexibility index (Phi) is 1.84. The van der Waals surface area contributed by atoms with Gasteiger partial charge in [-0.2, -0.15) is 4.39 Å². The van der Waals surface area contributed by atoms with Gasteiger partial charge in [-0.15, -0.1) is 0 Å². The number of phenolic OH excluding ortho intramolecular Hbond substituents is 1. The van der Waals surface area contributed by atoms with Crippen molar-refractivity contribution in [3.8, 4) is 5.75 Å². The maximum absolute atomic E-state index is 13.2. The third kappa shape index (κ3) is 1.04. The summed E-state index contributed by atoms with van der Waals surface area (Å²) in [5, 5.41) is 8.58. The van der Waals surface area contributed by atoms with Crippen LogP contribution in [0.2, 0.25) is 0 Å². The Balaban J connectivity index is 3.02. The fourth-order valence-corrected chi connectivity index (χ4v) is 1.31. The molecule has 2 aromatic carbocycles. The molecule has 0 radical (unpaired) electrons. The largest absolute Gasteiger partial charge is 0.503 e. The van der Waals surface area contributed by atoms with Gasteiger partial charge in [0.15, 0.2) is 17.4 Å². The molecule has 0 unspecified atom stereocenters. The van der Waals surface area contributed by atoms with Crippen LogP contribution in [-0.4, -0.2) is 5.11 Å². The van der Waals surface area contributed by atoms with Gasteiger partial charge < -0.3 is 5.11 Å². The van der Waals surface area contributed by atoms with Gasteiger partial charge in [-0.1, -0.05) is 24.3 Å². The molecule has 14 heavy (non-hydrogen) atoms. The number of benzene rings is 2. The zero-order valence-corrected chi connectivity index (χ0v) is 6.89. The molecular formula is C10H5F3O. The van der Waals surface area contributed by atoms with Crippen LogP contribution in [0, 0.1) is 17.5 Å². The average molecular weight is 198 g/mol. The minimum absolute atomic E-state index is 0.135. The van der Waals surface area contributed by atoms with E-state index in [1.54, 1.807) is 0 Å². The van der Waals surface area contributed by atoms with Gasteiger partial charge in [-0.05, 0) is 0 Å². The first-order valence-corrected chi connectivity index (χ1v) is 3.87. The highest BCUT2D eigenvalue weighted by molar-refractivity contribution is 5.85. The molecule has 4 heteroatoms. The lowest BCUT2D eigenvalue weighted by Gasteiger charge is -2.04. The van der Waals surface area contributed by atoms with Crippen LogP contribution < -0.4 is 0 Å². The van der Waals surface area contributed by atoms with Crippen LogP contribution in [0.15, 0.2) is 24.3 Å². The van der Waals surface area contributed by atoms with E-state index in [9.17, 15) is 13.2 Å². The van der Waals surface area contributed by atoms with Crippen molar-refractivity contribution in [2.45, 2.75) is 0 Å². The second kappa shape index (κ2) is 2.90. The zero-order chi connectivity index (χ0) is 10.3. The smallest absolute Gasteiger partial charge is 0.204 e. The number of hydrogen-bond donors (Lipinski definition) is 1.